The molecule has 18 heavy (non-hydrogen) atoms. The minimum atomic E-state index is -0.262. The first kappa shape index (κ1) is 13.3. The highest BCUT2D eigenvalue weighted by molar-refractivity contribution is 14.1. The van der Waals surface area contributed by atoms with E-state index in [1.807, 2.05) is 19.1 Å². The molecule has 0 spiro atoms. The van der Waals surface area contributed by atoms with E-state index in [9.17, 15) is 4.79 Å². The molecule has 1 N–H and O–H groups in total. The standard InChI is InChI=1S/C13H10ClIN2O/c1-8-3-2-4-12(16-8)13(18)17-11-6-5-9(15)7-10(11)14/h2-7H,1H3,(H,17,18). The lowest BCUT2D eigenvalue weighted by molar-refractivity contribution is 0.102. The number of hydrogen-bond acceptors (Lipinski definition) is 2. The molecule has 0 unspecified atom stereocenters. The van der Waals surface area contributed by atoms with Crippen LogP contribution in [0.25, 0.3) is 0 Å². The van der Waals surface area contributed by atoms with Crippen LogP contribution in [0, 0.1) is 10.5 Å². The summed E-state index contributed by atoms with van der Waals surface area (Å²) in [5, 5.41) is 3.26. The Morgan fingerprint density at radius 3 is 2.78 bits per heavy atom. The Morgan fingerprint density at radius 1 is 1.33 bits per heavy atom. The van der Waals surface area contributed by atoms with Crippen molar-refractivity contribution in [1.29, 1.82) is 0 Å². The van der Waals surface area contributed by atoms with Crippen molar-refractivity contribution in [1.82, 2.24) is 4.98 Å². The lowest BCUT2D eigenvalue weighted by Crippen LogP contribution is -2.14. The molecule has 5 heteroatoms. The minimum absolute atomic E-state index is 0.262. The Labute approximate surface area is 124 Å². The van der Waals surface area contributed by atoms with Crippen LogP contribution in [0.4, 0.5) is 5.69 Å². The largest absolute Gasteiger partial charge is 0.319 e. The molecule has 0 aliphatic rings. The van der Waals surface area contributed by atoms with Crippen molar-refractivity contribution >= 4 is 45.8 Å². The van der Waals surface area contributed by atoms with Gasteiger partial charge in [-0.3, -0.25) is 4.79 Å². The molecule has 0 radical (unpaired) electrons. The summed E-state index contributed by atoms with van der Waals surface area (Å²) in [6.07, 6.45) is 0. The van der Waals surface area contributed by atoms with Crippen molar-refractivity contribution < 1.29 is 4.79 Å². The topological polar surface area (TPSA) is 42.0 Å². The van der Waals surface area contributed by atoms with E-state index in [1.54, 1.807) is 24.3 Å². The van der Waals surface area contributed by atoms with Crippen LogP contribution in [0.2, 0.25) is 5.02 Å². The molecule has 1 aromatic carbocycles. The van der Waals surface area contributed by atoms with Gasteiger partial charge in [-0.05, 0) is 59.8 Å². The third-order valence-corrected chi connectivity index (χ3v) is 3.28. The number of amides is 1. The van der Waals surface area contributed by atoms with Crippen LogP contribution in [-0.4, -0.2) is 10.9 Å². The Balaban J connectivity index is 2.21. The van der Waals surface area contributed by atoms with Crippen LogP contribution < -0.4 is 5.32 Å². The monoisotopic (exact) mass is 372 g/mol. The molecule has 92 valence electrons. The van der Waals surface area contributed by atoms with Gasteiger partial charge in [-0.15, -0.1) is 0 Å². The van der Waals surface area contributed by atoms with Gasteiger partial charge in [0.2, 0.25) is 0 Å². The van der Waals surface area contributed by atoms with Gasteiger partial charge in [0.15, 0.2) is 0 Å². The fraction of sp³-hybridized carbons (Fsp3) is 0.0769. The second-order valence-electron chi connectivity index (χ2n) is 3.74. The van der Waals surface area contributed by atoms with Gasteiger partial charge >= 0.3 is 0 Å². The second kappa shape index (κ2) is 5.67. The van der Waals surface area contributed by atoms with E-state index >= 15 is 0 Å². The Kier molecular flexibility index (Phi) is 4.19. The van der Waals surface area contributed by atoms with Gasteiger partial charge in [-0.1, -0.05) is 17.7 Å². The maximum Gasteiger partial charge on any atom is 0.274 e. The summed E-state index contributed by atoms with van der Waals surface area (Å²) in [5.74, 6) is -0.262. The lowest BCUT2D eigenvalue weighted by Gasteiger charge is -2.07. The number of hydrogen-bond donors (Lipinski definition) is 1. The smallest absolute Gasteiger partial charge is 0.274 e. The molecule has 3 nitrogen and oxygen atoms in total. The summed E-state index contributed by atoms with van der Waals surface area (Å²) in [5.41, 5.74) is 1.77. The van der Waals surface area contributed by atoms with E-state index in [4.69, 9.17) is 11.6 Å². The highest BCUT2D eigenvalue weighted by Gasteiger charge is 2.09. The summed E-state index contributed by atoms with van der Waals surface area (Å²) in [6, 6.07) is 10.8. The second-order valence-corrected chi connectivity index (χ2v) is 5.40. The van der Waals surface area contributed by atoms with Gasteiger partial charge in [-0.25, -0.2) is 4.98 Å². The fourth-order valence-electron chi connectivity index (χ4n) is 1.45. The average molecular weight is 373 g/mol. The highest BCUT2D eigenvalue weighted by atomic mass is 127. The zero-order chi connectivity index (χ0) is 13.1. The molecule has 0 fully saturated rings. The van der Waals surface area contributed by atoms with Gasteiger partial charge in [-0.2, -0.15) is 0 Å². The van der Waals surface area contributed by atoms with Gasteiger partial charge < -0.3 is 5.32 Å². The van der Waals surface area contributed by atoms with Crippen molar-refractivity contribution in [2.45, 2.75) is 6.92 Å². The normalized spacial score (nSPS) is 10.2. The van der Waals surface area contributed by atoms with Gasteiger partial charge in [0.05, 0.1) is 10.7 Å². The molecular formula is C13H10ClIN2O. The molecular weight excluding hydrogens is 363 g/mol. The number of aryl methyl sites for hydroxylation is 1. The van der Waals surface area contributed by atoms with E-state index in [0.29, 0.717) is 16.4 Å². The molecule has 0 aliphatic carbocycles. The maximum atomic E-state index is 12.0. The summed E-state index contributed by atoms with van der Waals surface area (Å²) < 4.78 is 1.02. The van der Waals surface area contributed by atoms with Crippen molar-refractivity contribution in [2.24, 2.45) is 0 Å². The van der Waals surface area contributed by atoms with Crippen LogP contribution in [0.3, 0.4) is 0 Å². The minimum Gasteiger partial charge on any atom is -0.319 e. The number of benzene rings is 1. The van der Waals surface area contributed by atoms with Crippen LogP contribution >= 0.6 is 34.2 Å². The first-order chi connectivity index (χ1) is 8.56. The maximum absolute atomic E-state index is 12.0. The third kappa shape index (κ3) is 3.20. The van der Waals surface area contributed by atoms with Crippen molar-refractivity contribution in [2.75, 3.05) is 5.32 Å². The number of anilines is 1. The summed E-state index contributed by atoms with van der Waals surface area (Å²) in [6.45, 7) is 1.84. The molecule has 0 atom stereocenters. The number of nitrogens with zero attached hydrogens (tertiary/aromatic N) is 1. The number of rotatable bonds is 2. The first-order valence-corrected chi connectivity index (χ1v) is 6.72. The number of carbonyl (C=O) groups is 1. The summed E-state index contributed by atoms with van der Waals surface area (Å²) >= 11 is 8.21. The fourth-order valence-corrected chi connectivity index (χ4v) is 2.35. The van der Waals surface area contributed by atoms with Crippen molar-refractivity contribution in [3.8, 4) is 0 Å². The summed E-state index contributed by atoms with van der Waals surface area (Å²) in [4.78, 5) is 16.1. The molecule has 2 rings (SSSR count). The first-order valence-electron chi connectivity index (χ1n) is 5.26. The molecule has 1 heterocycles. The lowest BCUT2D eigenvalue weighted by atomic mass is 10.2. The molecule has 0 aliphatic heterocycles. The predicted molar refractivity (Wildman–Crippen MR) is 81.1 cm³/mol. The van der Waals surface area contributed by atoms with Crippen LogP contribution in [0.15, 0.2) is 36.4 Å². The number of nitrogens with one attached hydrogen (secondary N) is 1. The molecule has 0 saturated carbocycles. The summed E-state index contributed by atoms with van der Waals surface area (Å²) in [7, 11) is 0. The predicted octanol–water partition coefficient (Wildman–Crippen LogP) is 3.90. The Morgan fingerprint density at radius 2 is 2.11 bits per heavy atom. The van der Waals surface area contributed by atoms with E-state index in [0.717, 1.165) is 9.26 Å². The Bertz CT molecular complexity index is 601. The quantitative estimate of drug-likeness (QED) is 0.813. The SMILES string of the molecule is Cc1cccc(C(=O)Nc2ccc(I)cc2Cl)n1. The van der Waals surface area contributed by atoms with Crippen LogP contribution in [0.5, 0.6) is 0 Å². The van der Waals surface area contributed by atoms with Crippen molar-refractivity contribution in [3.63, 3.8) is 0 Å². The van der Waals surface area contributed by atoms with E-state index < -0.39 is 0 Å². The Hall–Kier alpha value is -1.14. The molecule has 1 amide bonds. The molecule has 1 aromatic heterocycles. The number of pyridine rings is 1. The van der Waals surface area contributed by atoms with E-state index in [1.165, 1.54) is 0 Å². The number of aromatic nitrogens is 1. The molecule has 0 saturated heterocycles. The number of halogens is 2. The number of carbonyl (C=O) groups excluding carboxylic acids is 1. The molecule has 0 bridgehead atoms. The van der Waals surface area contributed by atoms with Crippen LogP contribution in [0.1, 0.15) is 16.2 Å². The zero-order valence-electron chi connectivity index (χ0n) is 9.58. The average Bonchev–Trinajstić information content (AvgIpc) is 2.32. The van der Waals surface area contributed by atoms with Gasteiger partial charge in [0, 0.05) is 9.26 Å². The third-order valence-electron chi connectivity index (χ3n) is 2.30. The van der Waals surface area contributed by atoms with Gasteiger partial charge in [0.1, 0.15) is 5.69 Å². The highest BCUT2D eigenvalue weighted by Crippen LogP contribution is 2.24. The van der Waals surface area contributed by atoms with Crippen molar-refractivity contribution in [3.05, 3.63) is 56.4 Å². The van der Waals surface area contributed by atoms with E-state index in [-0.39, 0.29) is 5.91 Å². The van der Waals surface area contributed by atoms with Gasteiger partial charge in [0.25, 0.3) is 5.91 Å². The van der Waals surface area contributed by atoms with E-state index in [2.05, 4.69) is 32.9 Å². The molecule has 2 aromatic rings. The van der Waals surface area contributed by atoms with Crippen LogP contribution in [-0.2, 0) is 0 Å². The zero-order valence-corrected chi connectivity index (χ0v) is 12.5.